The van der Waals surface area contributed by atoms with Gasteiger partial charge < -0.3 is 15.8 Å². The highest BCUT2D eigenvalue weighted by molar-refractivity contribution is 5.81. The topological polar surface area (TPSA) is 67.6 Å². The first-order valence-corrected chi connectivity index (χ1v) is 6.85. The summed E-state index contributed by atoms with van der Waals surface area (Å²) in [6.07, 6.45) is 1.94. The number of ether oxygens (including phenoxy) is 1. The minimum atomic E-state index is -0.132. The van der Waals surface area contributed by atoms with Crippen LogP contribution < -0.4 is 11.1 Å². The summed E-state index contributed by atoms with van der Waals surface area (Å²) in [5, 5.41) is 3.06. The summed E-state index contributed by atoms with van der Waals surface area (Å²) in [6, 6.07) is 0.147. The molecule has 0 saturated carbocycles. The van der Waals surface area contributed by atoms with E-state index in [2.05, 4.69) is 19.2 Å². The van der Waals surface area contributed by atoms with E-state index in [-0.39, 0.29) is 18.0 Å². The minimum absolute atomic E-state index is 0.0880. The molecule has 0 aliphatic rings. The summed E-state index contributed by atoms with van der Waals surface area (Å²) in [6.45, 7) is 8.54. The van der Waals surface area contributed by atoms with Gasteiger partial charge in [0.25, 0.3) is 0 Å². The quantitative estimate of drug-likeness (QED) is 0.563. The van der Waals surface area contributed by atoms with Crippen molar-refractivity contribution < 1.29 is 9.53 Å². The zero-order valence-corrected chi connectivity index (χ0v) is 12.2. The first-order valence-electron chi connectivity index (χ1n) is 6.85. The van der Waals surface area contributed by atoms with E-state index in [0.717, 1.165) is 19.4 Å². The number of carbonyl (C=O) groups excluding carboxylic acids is 1. The third-order valence-corrected chi connectivity index (χ3v) is 3.22. The molecule has 3 N–H and O–H groups in total. The van der Waals surface area contributed by atoms with Crippen molar-refractivity contribution in [2.24, 2.45) is 5.73 Å². The van der Waals surface area contributed by atoms with Crippen molar-refractivity contribution in [1.29, 1.82) is 0 Å². The maximum atomic E-state index is 12.0. The fraction of sp³-hybridized carbons (Fsp3) is 0.923. The molecule has 0 radical (unpaired) electrons. The predicted octanol–water partition coefficient (Wildman–Crippen LogP) is 0.587. The molecule has 0 fully saturated rings. The van der Waals surface area contributed by atoms with Crippen LogP contribution in [-0.4, -0.2) is 56.2 Å². The third kappa shape index (κ3) is 6.93. The molecule has 108 valence electrons. The van der Waals surface area contributed by atoms with Crippen LogP contribution in [0, 0.1) is 0 Å². The van der Waals surface area contributed by atoms with Gasteiger partial charge in [0.15, 0.2) is 0 Å². The number of nitrogens with two attached hydrogens (primary N) is 1. The highest BCUT2D eigenvalue weighted by Crippen LogP contribution is 2.00. The first-order chi connectivity index (χ1) is 8.56. The lowest BCUT2D eigenvalue weighted by molar-refractivity contribution is -0.126. The van der Waals surface area contributed by atoms with E-state index >= 15 is 0 Å². The Morgan fingerprint density at radius 1 is 1.33 bits per heavy atom. The van der Waals surface area contributed by atoms with Crippen molar-refractivity contribution in [2.45, 2.75) is 45.7 Å². The van der Waals surface area contributed by atoms with Crippen molar-refractivity contribution in [2.75, 3.05) is 33.4 Å². The Bertz CT molecular complexity index is 220. The van der Waals surface area contributed by atoms with Crippen molar-refractivity contribution in [1.82, 2.24) is 10.2 Å². The minimum Gasteiger partial charge on any atom is -0.379 e. The molecule has 0 aromatic heterocycles. The van der Waals surface area contributed by atoms with Gasteiger partial charge in [0.2, 0.25) is 5.91 Å². The molecular weight excluding hydrogens is 230 g/mol. The Morgan fingerprint density at radius 2 is 1.94 bits per heavy atom. The molecule has 0 aromatic rings. The molecule has 0 heterocycles. The summed E-state index contributed by atoms with van der Waals surface area (Å²) in [4.78, 5) is 14.0. The first kappa shape index (κ1) is 17.4. The second-order valence-corrected chi connectivity index (χ2v) is 4.58. The number of nitrogens with zero attached hydrogens (tertiary/aromatic N) is 1. The van der Waals surface area contributed by atoms with E-state index in [1.165, 1.54) is 0 Å². The van der Waals surface area contributed by atoms with Gasteiger partial charge in [0.1, 0.15) is 0 Å². The number of hydrogen-bond donors (Lipinski definition) is 2. The highest BCUT2D eigenvalue weighted by atomic mass is 16.5. The summed E-state index contributed by atoms with van der Waals surface area (Å²) in [5.41, 5.74) is 5.34. The Balaban J connectivity index is 3.95. The molecule has 0 bridgehead atoms. The van der Waals surface area contributed by atoms with E-state index in [9.17, 15) is 4.79 Å². The smallest absolute Gasteiger partial charge is 0.237 e. The molecule has 1 amide bonds. The summed E-state index contributed by atoms with van der Waals surface area (Å²) in [7, 11) is 1.93. The van der Waals surface area contributed by atoms with Crippen LogP contribution in [0.1, 0.15) is 33.6 Å². The molecule has 0 spiro atoms. The van der Waals surface area contributed by atoms with Crippen LogP contribution in [-0.2, 0) is 9.53 Å². The van der Waals surface area contributed by atoms with Crippen LogP contribution in [0.2, 0.25) is 0 Å². The monoisotopic (exact) mass is 259 g/mol. The maximum Gasteiger partial charge on any atom is 0.237 e. The van der Waals surface area contributed by atoms with Crippen LogP contribution in [0.4, 0.5) is 0 Å². The van der Waals surface area contributed by atoms with Gasteiger partial charge in [-0.25, -0.2) is 0 Å². The largest absolute Gasteiger partial charge is 0.379 e. The van der Waals surface area contributed by atoms with E-state index < -0.39 is 0 Å². The second-order valence-electron chi connectivity index (χ2n) is 4.58. The molecule has 0 rings (SSSR count). The van der Waals surface area contributed by atoms with Gasteiger partial charge >= 0.3 is 0 Å². The fourth-order valence-electron chi connectivity index (χ4n) is 1.60. The van der Waals surface area contributed by atoms with Gasteiger partial charge in [-0.1, -0.05) is 13.8 Å². The Kier molecular flexibility index (Phi) is 9.92. The van der Waals surface area contributed by atoms with Crippen molar-refractivity contribution in [3.05, 3.63) is 0 Å². The van der Waals surface area contributed by atoms with Crippen molar-refractivity contribution in [3.8, 4) is 0 Å². The van der Waals surface area contributed by atoms with Gasteiger partial charge in [-0.3, -0.25) is 9.69 Å². The molecule has 0 saturated heterocycles. The van der Waals surface area contributed by atoms with E-state index in [4.69, 9.17) is 10.5 Å². The molecular formula is C13H29N3O2. The number of carbonyl (C=O) groups is 1. The molecule has 5 nitrogen and oxygen atoms in total. The van der Waals surface area contributed by atoms with Gasteiger partial charge in [0.05, 0.1) is 19.3 Å². The van der Waals surface area contributed by atoms with Crippen LogP contribution >= 0.6 is 0 Å². The Morgan fingerprint density at radius 3 is 2.44 bits per heavy atom. The number of nitrogens with one attached hydrogen (secondary N) is 1. The molecule has 0 aromatic carbocycles. The zero-order chi connectivity index (χ0) is 14.0. The van der Waals surface area contributed by atoms with Gasteiger partial charge in [-0.2, -0.15) is 0 Å². The summed E-state index contributed by atoms with van der Waals surface area (Å²) < 4.78 is 5.31. The lowest BCUT2D eigenvalue weighted by atomic mass is 10.1. The SMILES string of the molecule is CCC(CC)NC(=O)C(C)N(C)CCOCCN. The number of likely N-dealkylation sites (N-methyl/N-ethyl adjacent to an activating group) is 1. The lowest BCUT2D eigenvalue weighted by Crippen LogP contribution is -2.47. The van der Waals surface area contributed by atoms with E-state index in [1.807, 2.05) is 18.9 Å². The molecule has 0 aliphatic carbocycles. The Labute approximate surface area is 111 Å². The molecule has 1 unspecified atom stereocenters. The number of hydrogen-bond acceptors (Lipinski definition) is 4. The predicted molar refractivity (Wildman–Crippen MR) is 74.5 cm³/mol. The van der Waals surface area contributed by atoms with Gasteiger partial charge in [-0.05, 0) is 26.8 Å². The molecule has 5 heteroatoms. The number of rotatable bonds is 10. The Hall–Kier alpha value is -0.650. The second kappa shape index (κ2) is 10.3. The third-order valence-electron chi connectivity index (χ3n) is 3.22. The van der Waals surface area contributed by atoms with Crippen molar-refractivity contribution >= 4 is 5.91 Å². The maximum absolute atomic E-state index is 12.0. The van der Waals surface area contributed by atoms with Crippen molar-refractivity contribution in [3.63, 3.8) is 0 Å². The van der Waals surface area contributed by atoms with Gasteiger partial charge in [0, 0.05) is 19.1 Å². The van der Waals surface area contributed by atoms with Crippen LogP contribution in [0.25, 0.3) is 0 Å². The number of amides is 1. The lowest BCUT2D eigenvalue weighted by Gasteiger charge is -2.25. The molecule has 0 aliphatic heterocycles. The van der Waals surface area contributed by atoms with Crippen LogP contribution in [0.3, 0.4) is 0 Å². The van der Waals surface area contributed by atoms with Crippen LogP contribution in [0.5, 0.6) is 0 Å². The van der Waals surface area contributed by atoms with Gasteiger partial charge in [-0.15, -0.1) is 0 Å². The molecule has 18 heavy (non-hydrogen) atoms. The average molecular weight is 259 g/mol. The zero-order valence-electron chi connectivity index (χ0n) is 12.2. The fourth-order valence-corrected chi connectivity index (χ4v) is 1.60. The average Bonchev–Trinajstić information content (AvgIpc) is 2.39. The van der Waals surface area contributed by atoms with E-state index in [0.29, 0.717) is 19.8 Å². The highest BCUT2D eigenvalue weighted by Gasteiger charge is 2.19. The molecule has 1 atom stereocenters. The van der Waals surface area contributed by atoms with E-state index in [1.54, 1.807) is 0 Å². The van der Waals surface area contributed by atoms with Crippen LogP contribution in [0.15, 0.2) is 0 Å². The standard InChI is InChI=1S/C13H29N3O2/c1-5-12(6-2)15-13(17)11(3)16(4)8-10-18-9-7-14/h11-12H,5-10,14H2,1-4H3,(H,15,17). The summed E-state index contributed by atoms with van der Waals surface area (Å²) in [5.74, 6) is 0.0880. The summed E-state index contributed by atoms with van der Waals surface area (Å²) >= 11 is 0. The normalized spacial score (nSPS) is 13.1.